The first-order valence-corrected chi connectivity index (χ1v) is 11.0. The van der Waals surface area contributed by atoms with Crippen molar-refractivity contribution in [3.05, 3.63) is 36.4 Å². The van der Waals surface area contributed by atoms with Crippen molar-refractivity contribution < 1.29 is 19.1 Å². The van der Waals surface area contributed by atoms with Gasteiger partial charge in [0.15, 0.2) is 0 Å². The maximum absolute atomic E-state index is 13.4. The molecule has 2 bridgehead atoms. The second-order valence-electron chi connectivity index (χ2n) is 9.26. The van der Waals surface area contributed by atoms with Crippen molar-refractivity contribution in [2.75, 3.05) is 18.6 Å². The topological polar surface area (TPSA) is 67.9 Å². The molecule has 1 N–H and O–H groups in total. The van der Waals surface area contributed by atoms with Gasteiger partial charge < -0.3 is 19.7 Å². The van der Waals surface area contributed by atoms with Crippen LogP contribution in [0.2, 0.25) is 0 Å². The van der Waals surface area contributed by atoms with E-state index in [0.29, 0.717) is 12.5 Å². The fraction of sp³-hybridized carbons (Fsp3) is 0.583. The third kappa shape index (κ3) is 3.62. The van der Waals surface area contributed by atoms with Gasteiger partial charge >= 0.3 is 0 Å². The molecule has 0 saturated carbocycles. The van der Waals surface area contributed by atoms with Crippen molar-refractivity contribution in [2.45, 2.75) is 57.8 Å². The van der Waals surface area contributed by atoms with E-state index >= 15 is 0 Å². The minimum absolute atomic E-state index is 0.0420. The van der Waals surface area contributed by atoms with Crippen LogP contribution in [-0.4, -0.2) is 43.2 Å². The zero-order valence-electron chi connectivity index (χ0n) is 18.3. The van der Waals surface area contributed by atoms with E-state index in [-0.39, 0.29) is 24.0 Å². The molecule has 0 radical (unpaired) electrons. The molecule has 1 aromatic rings. The van der Waals surface area contributed by atoms with Gasteiger partial charge in [0.2, 0.25) is 11.8 Å². The van der Waals surface area contributed by atoms with Crippen molar-refractivity contribution in [3.8, 4) is 5.75 Å². The van der Waals surface area contributed by atoms with Crippen LogP contribution in [0.4, 0.5) is 5.69 Å². The highest BCUT2D eigenvalue weighted by molar-refractivity contribution is 6.03. The lowest BCUT2D eigenvalue weighted by Crippen LogP contribution is -2.46. The summed E-state index contributed by atoms with van der Waals surface area (Å²) < 4.78 is 11.4. The molecule has 2 saturated heterocycles. The van der Waals surface area contributed by atoms with Crippen molar-refractivity contribution in [2.24, 2.45) is 17.8 Å². The Labute approximate surface area is 178 Å². The minimum atomic E-state index is -0.704. The first-order valence-electron chi connectivity index (χ1n) is 11.0. The highest BCUT2D eigenvalue weighted by Crippen LogP contribution is 2.52. The maximum atomic E-state index is 13.4. The summed E-state index contributed by atoms with van der Waals surface area (Å²) in [4.78, 5) is 28.3. The predicted molar refractivity (Wildman–Crippen MR) is 115 cm³/mol. The second-order valence-corrected chi connectivity index (χ2v) is 9.26. The largest absolute Gasteiger partial charge is 0.497 e. The number of fused-ring (bicyclic) bond motifs is 1. The van der Waals surface area contributed by atoms with Crippen LogP contribution in [0.15, 0.2) is 36.4 Å². The van der Waals surface area contributed by atoms with Crippen molar-refractivity contribution in [1.29, 1.82) is 0 Å². The van der Waals surface area contributed by atoms with Crippen LogP contribution < -0.4 is 15.0 Å². The van der Waals surface area contributed by atoms with E-state index in [0.717, 1.165) is 30.7 Å². The molecule has 3 aliphatic rings. The second kappa shape index (κ2) is 8.06. The third-order valence-corrected chi connectivity index (χ3v) is 6.59. The summed E-state index contributed by atoms with van der Waals surface area (Å²) in [6.07, 6.45) is 6.80. The minimum Gasteiger partial charge on any atom is -0.497 e. The van der Waals surface area contributed by atoms with E-state index in [4.69, 9.17) is 9.47 Å². The third-order valence-electron chi connectivity index (χ3n) is 6.59. The lowest BCUT2D eigenvalue weighted by atomic mass is 9.76. The van der Waals surface area contributed by atoms with Gasteiger partial charge in [-0.15, -0.1) is 0 Å². The number of anilines is 1. The highest BCUT2D eigenvalue weighted by atomic mass is 16.5. The Hall–Kier alpha value is -2.34. The maximum Gasteiger partial charge on any atom is 0.234 e. The fourth-order valence-corrected chi connectivity index (χ4v) is 5.02. The van der Waals surface area contributed by atoms with E-state index in [2.05, 4.69) is 19.2 Å². The molecule has 4 rings (SSSR count). The number of hydrogen-bond donors (Lipinski definition) is 1. The Morgan fingerprint density at radius 2 is 2.00 bits per heavy atom. The molecular formula is C24H32N2O4. The Morgan fingerprint density at radius 3 is 2.67 bits per heavy atom. The number of hydrogen-bond acceptors (Lipinski definition) is 4. The van der Waals surface area contributed by atoms with Gasteiger partial charge in [-0.2, -0.15) is 0 Å². The molecule has 3 heterocycles. The Bertz CT molecular complexity index is 834. The molecule has 5 atom stereocenters. The molecule has 0 aliphatic carbocycles. The first kappa shape index (κ1) is 20.9. The van der Waals surface area contributed by atoms with Gasteiger partial charge in [-0.05, 0) is 43.5 Å². The Morgan fingerprint density at radius 1 is 1.27 bits per heavy atom. The van der Waals surface area contributed by atoms with Gasteiger partial charge in [0.1, 0.15) is 11.4 Å². The summed E-state index contributed by atoms with van der Waals surface area (Å²) in [6.45, 7) is 6.89. The quantitative estimate of drug-likeness (QED) is 0.665. The van der Waals surface area contributed by atoms with Crippen molar-refractivity contribution in [1.82, 2.24) is 5.32 Å². The molecular weight excluding hydrogens is 380 g/mol. The van der Waals surface area contributed by atoms with Crippen LogP contribution >= 0.6 is 0 Å². The van der Waals surface area contributed by atoms with Gasteiger partial charge in [-0.3, -0.25) is 9.59 Å². The first-order chi connectivity index (χ1) is 14.3. The lowest BCUT2D eigenvalue weighted by Gasteiger charge is -2.25. The summed E-state index contributed by atoms with van der Waals surface area (Å²) in [5, 5.41) is 3.14. The molecule has 6 heteroatoms. The molecule has 1 spiro atoms. The number of ether oxygens (including phenoxy) is 2. The molecule has 30 heavy (non-hydrogen) atoms. The Balaban J connectivity index is 1.47. The zero-order valence-corrected chi connectivity index (χ0v) is 18.3. The van der Waals surface area contributed by atoms with Crippen molar-refractivity contribution >= 4 is 17.5 Å². The molecule has 1 aromatic carbocycles. The molecule has 3 aliphatic heterocycles. The van der Waals surface area contributed by atoms with Crippen LogP contribution in [-0.2, 0) is 14.3 Å². The molecule has 2 unspecified atom stereocenters. The number of benzene rings is 1. The summed E-state index contributed by atoms with van der Waals surface area (Å²) in [6, 6.07) is 7.51. The fourth-order valence-electron chi connectivity index (χ4n) is 5.02. The number of amides is 2. The number of nitrogens with zero attached hydrogens (tertiary/aromatic N) is 1. The SMILES string of the molecule is COc1ccc(N2C[C@@]34C=C[C@H](O3)C(C(=O)NC(C)CCCC(C)C)[C@H]4C2=O)cc1. The van der Waals surface area contributed by atoms with E-state index in [1.807, 2.05) is 43.3 Å². The molecule has 2 amide bonds. The zero-order chi connectivity index (χ0) is 21.5. The van der Waals surface area contributed by atoms with E-state index in [1.165, 1.54) is 0 Å². The molecule has 6 nitrogen and oxygen atoms in total. The lowest BCUT2D eigenvalue weighted by molar-refractivity contribution is -0.132. The number of nitrogens with one attached hydrogen (secondary N) is 1. The number of rotatable bonds is 8. The van der Waals surface area contributed by atoms with E-state index < -0.39 is 17.4 Å². The molecule has 2 fully saturated rings. The Kier molecular flexibility index (Phi) is 5.62. The average Bonchev–Trinajstić information content (AvgIpc) is 3.36. The smallest absolute Gasteiger partial charge is 0.234 e. The molecule has 162 valence electrons. The van der Waals surface area contributed by atoms with Crippen LogP contribution in [0.25, 0.3) is 0 Å². The van der Waals surface area contributed by atoms with Gasteiger partial charge in [0, 0.05) is 11.7 Å². The van der Waals surface area contributed by atoms with E-state index in [1.54, 1.807) is 12.0 Å². The van der Waals surface area contributed by atoms with Crippen LogP contribution in [0.5, 0.6) is 5.75 Å². The van der Waals surface area contributed by atoms with Gasteiger partial charge in [-0.25, -0.2) is 0 Å². The normalized spacial score (nSPS) is 30.1. The number of methoxy groups -OCH3 is 1. The summed E-state index contributed by atoms with van der Waals surface area (Å²) in [5.74, 6) is 0.343. The highest BCUT2D eigenvalue weighted by Gasteiger charge is 2.67. The van der Waals surface area contributed by atoms with Crippen LogP contribution in [0, 0.1) is 17.8 Å². The summed E-state index contributed by atoms with van der Waals surface area (Å²) >= 11 is 0. The average molecular weight is 413 g/mol. The number of carbonyl (C=O) groups excluding carboxylic acids is 2. The standard InChI is InChI=1S/C24H32N2O4/c1-15(2)6-5-7-16(3)25-22(27)20-19-12-13-24(30-19)14-26(23(28)21(20)24)17-8-10-18(29-4)11-9-17/h8-13,15-16,19-21H,5-7,14H2,1-4H3,(H,25,27)/t16?,19-,20?,21-,24+/m0/s1. The predicted octanol–water partition coefficient (Wildman–Crippen LogP) is 3.31. The van der Waals surface area contributed by atoms with Gasteiger partial charge in [0.25, 0.3) is 0 Å². The van der Waals surface area contributed by atoms with Gasteiger partial charge in [-0.1, -0.05) is 38.8 Å². The summed E-state index contributed by atoms with van der Waals surface area (Å²) in [7, 11) is 1.61. The summed E-state index contributed by atoms with van der Waals surface area (Å²) in [5.41, 5.74) is 0.0936. The molecule has 0 aromatic heterocycles. The van der Waals surface area contributed by atoms with E-state index in [9.17, 15) is 9.59 Å². The van der Waals surface area contributed by atoms with Crippen LogP contribution in [0.3, 0.4) is 0 Å². The van der Waals surface area contributed by atoms with Crippen LogP contribution in [0.1, 0.15) is 40.0 Å². The van der Waals surface area contributed by atoms with Crippen molar-refractivity contribution in [3.63, 3.8) is 0 Å². The van der Waals surface area contributed by atoms with Gasteiger partial charge in [0.05, 0.1) is 31.6 Å². The monoisotopic (exact) mass is 412 g/mol. The number of carbonyl (C=O) groups is 2.